The van der Waals surface area contributed by atoms with Crippen LogP contribution in [0.15, 0.2) is 30.5 Å². The summed E-state index contributed by atoms with van der Waals surface area (Å²) >= 11 is 0. The first-order valence-corrected chi connectivity index (χ1v) is 7.50. The first-order chi connectivity index (χ1) is 10.5. The Hall–Kier alpha value is -1.83. The minimum Gasteiger partial charge on any atom is -0.426 e. The molecule has 0 fully saturated rings. The lowest BCUT2D eigenvalue weighted by molar-refractivity contribution is -0.122. The van der Waals surface area contributed by atoms with Crippen molar-refractivity contribution >= 4 is 23.9 Å². The number of amides is 1. The van der Waals surface area contributed by atoms with Gasteiger partial charge in [0.1, 0.15) is 0 Å². The summed E-state index contributed by atoms with van der Waals surface area (Å²) in [6, 6.07) is 7.07. The summed E-state index contributed by atoms with van der Waals surface area (Å²) in [4.78, 5) is 15.3. The molecule has 0 aliphatic rings. The Bertz CT molecular complexity index is 629. The van der Waals surface area contributed by atoms with Crippen molar-refractivity contribution in [3.8, 4) is 0 Å². The molecule has 2 aromatic rings. The summed E-state index contributed by atoms with van der Waals surface area (Å²) in [7, 11) is -1.58. The molecular weight excluding hydrogens is 281 g/mol. The van der Waals surface area contributed by atoms with E-state index in [1.54, 1.807) is 0 Å². The van der Waals surface area contributed by atoms with Crippen LogP contribution in [0.25, 0.3) is 10.9 Å². The van der Waals surface area contributed by atoms with Gasteiger partial charge in [-0.15, -0.1) is 0 Å². The molecule has 118 valence electrons. The molecular formula is C15H22BN3O3. The predicted octanol–water partition coefficient (Wildman–Crippen LogP) is 0.335. The zero-order valence-corrected chi connectivity index (χ0v) is 12.6. The molecule has 7 heteroatoms. The van der Waals surface area contributed by atoms with Gasteiger partial charge >= 0.3 is 7.12 Å². The third kappa shape index (κ3) is 3.88. The summed E-state index contributed by atoms with van der Waals surface area (Å²) < 4.78 is 0. The van der Waals surface area contributed by atoms with Crippen molar-refractivity contribution in [2.24, 2.45) is 5.73 Å². The van der Waals surface area contributed by atoms with Crippen LogP contribution in [0.5, 0.6) is 0 Å². The SMILES string of the molecule is CCC[C@H](NC(=O)[C@@H](N)Cc1c[nH]c2ccccc12)B(O)O. The van der Waals surface area contributed by atoms with E-state index in [-0.39, 0.29) is 5.91 Å². The maximum Gasteiger partial charge on any atom is 0.475 e. The van der Waals surface area contributed by atoms with E-state index in [0.29, 0.717) is 12.8 Å². The lowest BCUT2D eigenvalue weighted by atomic mass is 9.76. The van der Waals surface area contributed by atoms with Crippen LogP contribution in [0.4, 0.5) is 0 Å². The zero-order valence-electron chi connectivity index (χ0n) is 12.6. The molecule has 0 spiro atoms. The number of rotatable bonds is 7. The largest absolute Gasteiger partial charge is 0.475 e. The van der Waals surface area contributed by atoms with Gasteiger partial charge in [-0.1, -0.05) is 31.5 Å². The van der Waals surface area contributed by atoms with Crippen LogP contribution in [0.2, 0.25) is 0 Å². The Kier molecular flexibility index (Phi) is 5.60. The monoisotopic (exact) mass is 303 g/mol. The molecule has 6 nitrogen and oxygen atoms in total. The van der Waals surface area contributed by atoms with Crippen molar-refractivity contribution < 1.29 is 14.8 Å². The van der Waals surface area contributed by atoms with E-state index in [2.05, 4.69) is 10.3 Å². The molecule has 0 aliphatic carbocycles. The van der Waals surface area contributed by atoms with Crippen molar-refractivity contribution in [2.45, 2.75) is 38.2 Å². The third-order valence-electron chi connectivity index (χ3n) is 3.74. The number of carbonyl (C=O) groups excluding carboxylic acids is 1. The Morgan fingerprint density at radius 2 is 2.14 bits per heavy atom. The van der Waals surface area contributed by atoms with E-state index in [4.69, 9.17) is 5.73 Å². The van der Waals surface area contributed by atoms with Crippen molar-refractivity contribution in [3.63, 3.8) is 0 Å². The number of hydrogen-bond donors (Lipinski definition) is 5. The Morgan fingerprint density at radius 3 is 2.82 bits per heavy atom. The molecule has 1 amide bonds. The van der Waals surface area contributed by atoms with Gasteiger partial charge in [0, 0.05) is 17.1 Å². The smallest absolute Gasteiger partial charge is 0.426 e. The lowest BCUT2D eigenvalue weighted by Gasteiger charge is -2.19. The Balaban J connectivity index is 2.02. The van der Waals surface area contributed by atoms with Gasteiger partial charge in [0.25, 0.3) is 0 Å². The van der Waals surface area contributed by atoms with Crippen LogP contribution < -0.4 is 11.1 Å². The van der Waals surface area contributed by atoms with Crippen molar-refractivity contribution in [3.05, 3.63) is 36.0 Å². The number of H-pyrrole nitrogens is 1. The van der Waals surface area contributed by atoms with E-state index >= 15 is 0 Å². The van der Waals surface area contributed by atoms with Gasteiger partial charge in [-0.3, -0.25) is 4.79 Å². The second kappa shape index (κ2) is 7.44. The second-order valence-electron chi connectivity index (χ2n) is 5.49. The molecule has 1 aromatic heterocycles. The fourth-order valence-corrected chi connectivity index (χ4v) is 2.53. The van der Waals surface area contributed by atoms with Crippen molar-refractivity contribution in [1.29, 1.82) is 0 Å². The van der Waals surface area contributed by atoms with Crippen LogP contribution >= 0.6 is 0 Å². The fourth-order valence-electron chi connectivity index (χ4n) is 2.53. The summed E-state index contributed by atoms with van der Waals surface area (Å²) in [5.41, 5.74) is 7.92. The number of para-hydroxylation sites is 1. The van der Waals surface area contributed by atoms with Gasteiger partial charge in [0.05, 0.1) is 12.0 Å². The highest BCUT2D eigenvalue weighted by atomic mass is 16.4. The fraction of sp³-hybridized carbons (Fsp3) is 0.400. The number of fused-ring (bicyclic) bond motifs is 1. The molecule has 0 aliphatic heterocycles. The average Bonchev–Trinajstić information content (AvgIpc) is 2.90. The van der Waals surface area contributed by atoms with Gasteiger partial charge in [-0.2, -0.15) is 0 Å². The van der Waals surface area contributed by atoms with Crippen LogP contribution in [0.3, 0.4) is 0 Å². The van der Waals surface area contributed by atoms with E-state index in [1.165, 1.54) is 0 Å². The summed E-state index contributed by atoms with van der Waals surface area (Å²) in [5.74, 6) is -1.07. The lowest BCUT2D eigenvalue weighted by Crippen LogP contribution is -2.52. The minimum atomic E-state index is -1.58. The molecule has 1 aromatic carbocycles. The first kappa shape index (κ1) is 16.5. The van der Waals surface area contributed by atoms with Crippen molar-refractivity contribution in [1.82, 2.24) is 10.3 Å². The van der Waals surface area contributed by atoms with Gasteiger partial charge in [-0.25, -0.2) is 0 Å². The van der Waals surface area contributed by atoms with E-state index in [1.807, 2.05) is 37.4 Å². The summed E-state index contributed by atoms with van der Waals surface area (Å²) in [6.07, 6.45) is 3.46. The Labute approximate surface area is 129 Å². The maximum absolute atomic E-state index is 12.1. The van der Waals surface area contributed by atoms with E-state index < -0.39 is 19.1 Å². The number of benzene rings is 1. The molecule has 1 heterocycles. The molecule has 0 unspecified atom stereocenters. The van der Waals surface area contributed by atoms with Crippen LogP contribution in [0.1, 0.15) is 25.3 Å². The highest BCUT2D eigenvalue weighted by molar-refractivity contribution is 6.43. The zero-order chi connectivity index (χ0) is 16.1. The highest BCUT2D eigenvalue weighted by Gasteiger charge is 2.26. The molecule has 6 N–H and O–H groups in total. The number of carbonyl (C=O) groups is 1. The summed E-state index contributed by atoms with van der Waals surface area (Å²) in [6.45, 7) is 1.91. The van der Waals surface area contributed by atoms with Crippen LogP contribution in [-0.2, 0) is 11.2 Å². The molecule has 0 radical (unpaired) electrons. The maximum atomic E-state index is 12.1. The van der Waals surface area contributed by atoms with E-state index in [0.717, 1.165) is 22.9 Å². The topological polar surface area (TPSA) is 111 Å². The average molecular weight is 303 g/mol. The molecule has 2 atom stereocenters. The summed E-state index contributed by atoms with van der Waals surface area (Å²) in [5, 5.41) is 22.2. The van der Waals surface area contributed by atoms with Crippen LogP contribution in [-0.4, -0.2) is 40.0 Å². The molecule has 0 saturated carbocycles. The van der Waals surface area contributed by atoms with Gasteiger partial charge < -0.3 is 26.1 Å². The number of aromatic nitrogens is 1. The standard InChI is InChI=1S/C15H22BN3O3/c1-2-5-14(16(21)22)19-15(20)12(17)8-10-9-18-13-7-4-3-6-11(10)13/h3-4,6-7,9,12,14,18,21-22H,2,5,8,17H2,1H3,(H,19,20)/t12-,14-/m0/s1. The van der Waals surface area contributed by atoms with Crippen LogP contribution in [0, 0.1) is 0 Å². The third-order valence-corrected chi connectivity index (χ3v) is 3.74. The number of aromatic amines is 1. The number of nitrogens with one attached hydrogen (secondary N) is 2. The van der Waals surface area contributed by atoms with Gasteiger partial charge in [0.2, 0.25) is 5.91 Å². The normalized spacial score (nSPS) is 13.8. The highest BCUT2D eigenvalue weighted by Crippen LogP contribution is 2.18. The predicted molar refractivity (Wildman–Crippen MR) is 87.0 cm³/mol. The molecule has 0 saturated heterocycles. The quantitative estimate of drug-likeness (QED) is 0.475. The molecule has 22 heavy (non-hydrogen) atoms. The van der Waals surface area contributed by atoms with E-state index in [9.17, 15) is 14.8 Å². The number of nitrogens with two attached hydrogens (primary N) is 1. The second-order valence-corrected chi connectivity index (χ2v) is 5.49. The molecule has 2 rings (SSSR count). The van der Waals surface area contributed by atoms with Crippen molar-refractivity contribution in [2.75, 3.05) is 0 Å². The minimum absolute atomic E-state index is 0.378. The Morgan fingerprint density at radius 1 is 1.41 bits per heavy atom. The van der Waals surface area contributed by atoms with Gasteiger partial charge in [0.15, 0.2) is 0 Å². The first-order valence-electron chi connectivity index (χ1n) is 7.50. The molecule has 0 bridgehead atoms. The number of hydrogen-bond acceptors (Lipinski definition) is 4. The van der Waals surface area contributed by atoms with Gasteiger partial charge in [-0.05, 0) is 24.5 Å².